The van der Waals surface area contributed by atoms with Crippen LogP contribution in [0.5, 0.6) is 0 Å². The molecule has 1 N–H and O–H groups in total. The molecule has 0 fully saturated rings. The minimum Gasteiger partial charge on any atom is -0.463 e. The number of carbonyl (C=O) groups is 2. The first-order chi connectivity index (χ1) is 14.1. The van der Waals surface area contributed by atoms with Crippen molar-refractivity contribution in [3.63, 3.8) is 0 Å². The second kappa shape index (κ2) is 8.28. The van der Waals surface area contributed by atoms with Gasteiger partial charge >= 0.3 is 5.97 Å². The molecule has 0 spiro atoms. The van der Waals surface area contributed by atoms with E-state index in [1.807, 2.05) is 42.6 Å². The van der Waals surface area contributed by atoms with Crippen molar-refractivity contribution < 1.29 is 18.7 Å². The van der Waals surface area contributed by atoms with Crippen molar-refractivity contribution in [2.45, 2.75) is 13.0 Å². The van der Waals surface area contributed by atoms with E-state index in [1.54, 1.807) is 41.9 Å². The molecule has 1 unspecified atom stereocenters. The van der Waals surface area contributed by atoms with Gasteiger partial charge in [0.25, 0.3) is 5.91 Å². The molecule has 6 nitrogen and oxygen atoms in total. The minimum absolute atomic E-state index is 0.145. The largest absolute Gasteiger partial charge is 0.463 e. The number of hydrogen-bond acceptors (Lipinski definition) is 6. The molecular formula is C22H18N2O4S. The zero-order chi connectivity index (χ0) is 20.2. The van der Waals surface area contributed by atoms with Gasteiger partial charge in [0.2, 0.25) is 0 Å². The van der Waals surface area contributed by atoms with Gasteiger partial charge in [-0.05, 0) is 42.6 Å². The van der Waals surface area contributed by atoms with Gasteiger partial charge in [0, 0.05) is 10.3 Å². The molecule has 3 aromatic heterocycles. The lowest BCUT2D eigenvalue weighted by molar-refractivity contribution is -0.124. The van der Waals surface area contributed by atoms with Gasteiger partial charge in [-0.1, -0.05) is 24.3 Å². The molecule has 0 aliphatic carbocycles. The van der Waals surface area contributed by atoms with E-state index in [1.165, 1.54) is 0 Å². The molecule has 29 heavy (non-hydrogen) atoms. The molecule has 0 saturated heterocycles. The van der Waals surface area contributed by atoms with Crippen LogP contribution in [0, 0.1) is 0 Å². The van der Waals surface area contributed by atoms with Gasteiger partial charge in [0.1, 0.15) is 5.69 Å². The van der Waals surface area contributed by atoms with E-state index >= 15 is 0 Å². The third-order valence-electron chi connectivity index (χ3n) is 4.39. The van der Waals surface area contributed by atoms with E-state index in [-0.39, 0.29) is 18.6 Å². The van der Waals surface area contributed by atoms with Crippen LogP contribution in [0.2, 0.25) is 0 Å². The number of aromatic nitrogens is 1. The summed E-state index contributed by atoms with van der Waals surface area (Å²) >= 11 is 1.56. The molecule has 0 aliphatic rings. The molecule has 1 aromatic carbocycles. The van der Waals surface area contributed by atoms with E-state index in [0.29, 0.717) is 27.9 Å². The van der Waals surface area contributed by atoms with Gasteiger partial charge in [-0.3, -0.25) is 4.79 Å². The number of furan rings is 1. The molecule has 1 atom stereocenters. The summed E-state index contributed by atoms with van der Waals surface area (Å²) < 4.78 is 10.7. The van der Waals surface area contributed by atoms with Crippen LogP contribution in [-0.4, -0.2) is 23.5 Å². The first-order valence-electron chi connectivity index (χ1n) is 9.05. The summed E-state index contributed by atoms with van der Waals surface area (Å²) in [5.74, 6) is -0.397. The number of fused-ring (bicyclic) bond motifs is 1. The molecule has 0 bridgehead atoms. The number of benzene rings is 1. The average molecular weight is 406 g/mol. The Balaban J connectivity index is 1.51. The third kappa shape index (κ3) is 4.20. The Kier molecular flexibility index (Phi) is 5.39. The predicted molar refractivity (Wildman–Crippen MR) is 111 cm³/mol. The highest BCUT2D eigenvalue weighted by Gasteiger charge is 2.18. The Bertz CT molecular complexity index is 1140. The Morgan fingerprint density at radius 2 is 2.03 bits per heavy atom. The highest BCUT2D eigenvalue weighted by atomic mass is 32.1. The molecular weight excluding hydrogens is 388 g/mol. The summed E-state index contributed by atoms with van der Waals surface area (Å²) in [4.78, 5) is 30.5. The van der Waals surface area contributed by atoms with Crippen LogP contribution < -0.4 is 5.32 Å². The lowest BCUT2D eigenvalue weighted by atomic mass is 10.1. The quantitative estimate of drug-likeness (QED) is 0.474. The van der Waals surface area contributed by atoms with E-state index in [9.17, 15) is 9.59 Å². The fourth-order valence-electron chi connectivity index (χ4n) is 3.00. The average Bonchev–Trinajstić information content (AvgIpc) is 3.45. The van der Waals surface area contributed by atoms with E-state index in [0.717, 1.165) is 4.88 Å². The minimum atomic E-state index is -0.588. The number of nitrogens with zero attached hydrogens (tertiary/aromatic N) is 1. The van der Waals surface area contributed by atoms with Crippen molar-refractivity contribution in [2.24, 2.45) is 0 Å². The highest BCUT2D eigenvalue weighted by molar-refractivity contribution is 7.10. The van der Waals surface area contributed by atoms with Crippen LogP contribution in [0.15, 0.2) is 70.7 Å². The SMILES string of the molecule is CC(NC(=O)COC(=O)c1cc(-c2ccco2)nc2ccccc12)c1cccs1. The molecule has 4 rings (SSSR count). The number of ether oxygens (including phenoxy) is 1. The van der Waals surface area contributed by atoms with Crippen molar-refractivity contribution >= 4 is 34.1 Å². The number of amides is 1. The highest BCUT2D eigenvalue weighted by Crippen LogP contribution is 2.25. The molecule has 4 aromatic rings. The smallest absolute Gasteiger partial charge is 0.339 e. The normalized spacial score (nSPS) is 11.9. The lowest BCUT2D eigenvalue weighted by Crippen LogP contribution is -2.30. The zero-order valence-electron chi connectivity index (χ0n) is 15.6. The Morgan fingerprint density at radius 3 is 2.79 bits per heavy atom. The van der Waals surface area contributed by atoms with Crippen molar-refractivity contribution in [2.75, 3.05) is 6.61 Å². The van der Waals surface area contributed by atoms with Crippen molar-refractivity contribution in [3.05, 3.63) is 76.7 Å². The summed E-state index contributed by atoms with van der Waals surface area (Å²) in [6.07, 6.45) is 1.54. The second-order valence-electron chi connectivity index (χ2n) is 6.43. The zero-order valence-corrected chi connectivity index (χ0v) is 16.4. The Morgan fingerprint density at radius 1 is 1.17 bits per heavy atom. The number of rotatable bonds is 6. The number of nitrogens with one attached hydrogen (secondary N) is 1. The molecule has 0 radical (unpaired) electrons. The fraction of sp³-hybridized carbons (Fsp3) is 0.136. The van der Waals surface area contributed by atoms with E-state index < -0.39 is 5.97 Å². The van der Waals surface area contributed by atoms with E-state index in [4.69, 9.17) is 9.15 Å². The monoisotopic (exact) mass is 406 g/mol. The fourth-order valence-corrected chi connectivity index (χ4v) is 3.73. The van der Waals surface area contributed by atoms with Gasteiger partial charge in [-0.25, -0.2) is 9.78 Å². The molecule has 1 amide bonds. The molecule has 0 aliphatic heterocycles. The number of pyridine rings is 1. The van der Waals surface area contributed by atoms with Crippen molar-refractivity contribution in [1.29, 1.82) is 0 Å². The van der Waals surface area contributed by atoms with Gasteiger partial charge in [-0.2, -0.15) is 0 Å². The van der Waals surface area contributed by atoms with Crippen LogP contribution in [0.25, 0.3) is 22.4 Å². The number of thiophene rings is 1. The summed E-state index contributed by atoms with van der Waals surface area (Å²) in [7, 11) is 0. The Hall–Kier alpha value is -3.45. The summed E-state index contributed by atoms with van der Waals surface area (Å²) in [6.45, 7) is 1.53. The van der Waals surface area contributed by atoms with Crippen LogP contribution in [0.3, 0.4) is 0 Å². The second-order valence-corrected chi connectivity index (χ2v) is 7.41. The van der Waals surface area contributed by atoms with Gasteiger partial charge in [0.15, 0.2) is 12.4 Å². The number of hydrogen-bond donors (Lipinski definition) is 1. The van der Waals surface area contributed by atoms with Crippen LogP contribution >= 0.6 is 11.3 Å². The maximum atomic E-state index is 12.7. The first kappa shape index (κ1) is 18.9. The third-order valence-corrected chi connectivity index (χ3v) is 5.45. The molecule has 7 heteroatoms. The number of para-hydroxylation sites is 1. The first-order valence-corrected chi connectivity index (χ1v) is 9.93. The topological polar surface area (TPSA) is 81.4 Å². The maximum Gasteiger partial charge on any atom is 0.339 e. The van der Waals surface area contributed by atoms with Crippen molar-refractivity contribution in [3.8, 4) is 11.5 Å². The van der Waals surface area contributed by atoms with Gasteiger partial charge in [0.05, 0.1) is 23.4 Å². The maximum absolute atomic E-state index is 12.7. The van der Waals surface area contributed by atoms with Crippen LogP contribution in [0.4, 0.5) is 0 Å². The molecule has 0 saturated carbocycles. The summed E-state index contributed by atoms with van der Waals surface area (Å²) in [6, 6.07) is 16.1. The lowest BCUT2D eigenvalue weighted by Gasteiger charge is -2.13. The van der Waals surface area contributed by atoms with Crippen LogP contribution in [-0.2, 0) is 9.53 Å². The number of carbonyl (C=O) groups excluding carboxylic acids is 2. The van der Waals surface area contributed by atoms with Gasteiger partial charge in [-0.15, -0.1) is 11.3 Å². The van der Waals surface area contributed by atoms with E-state index in [2.05, 4.69) is 10.3 Å². The van der Waals surface area contributed by atoms with Gasteiger partial charge < -0.3 is 14.5 Å². The summed E-state index contributed by atoms with van der Waals surface area (Å²) in [5.41, 5.74) is 1.50. The molecule has 3 heterocycles. The summed E-state index contributed by atoms with van der Waals surface area (Å²) in [5, 5.41) is 5.43. The standard InChI is InChI=1S/C22H18N2O4S/c1-14(20-9-5-11-29-20)23-21(25)13-28-22(26)16-12-18(19-8-4-10-27-19)24-17-7-3-2-6-15(16)17/h2-12,14H,13H2,1H3,(H,23,25). The van der Waals surface area contributed by atoms with Crippen LogP contribution in [0.1, 0.15) is 28.2 Å². The number of esters is 1. The predicted octanol–water partition coefficient (Wildman–Crippen LogP) is 4.59. The Labute approximate surface area is 171 Å². The van der Waals surface area contributed by atoms with Crippen molar-refractivity contribution in [1.82, 2.24) is 10.3 Å². The molecule has 146 valence electrons.